The van der Waals surface area contributed by atoms with Gasteiger partial charge in [0.25, 0.3) is 0 Å². The molecule has 188 valence electrons. The summed E-state index contributed by atoms with van der Waals surface area (Å²) in [5.41, 5.74) is 2.02. The van der Waals surface area contributed by atoms with E-state index < -0.39 is 11.0 Å². The van der Waals surface area contributed by atoms with E-state index in [-0.39, 0.29) is 0 Å². The summed E-state index contributed by atoms with van der Waals surface area (Å²) < 4.78 is 32.5. The Morgan fingerprint density at radius 1 is 0.917 bits per heavy atom. The molecular weight excluding hydrogens is 480 g/mol. The summed E-state index contributed by atoms with van der Waals surface area (Å²) in [7, 11) is 5.45. The van der Waals surface area contributed by atoms with Crippen LogP contribution in [0.4, 0.5) is 17.3 Å². The van der Waals surface area contributed by atoms with Crippen LogP contribution in [0.2, 0.25) is 0 Å². The standard InChI is InChI=1S/C25H28N6O4S/c1-31(2)11-12-35-23-10-9-20(16-26-23)36(32)30-25-24(28-21-7-5-6-8-22(21)29-25)27-17-13-18(33-3)15-19(14-17)34-4/h5-10,13-16H,11-12H2,1-4H3,(H,27,28)(H,29,30). The molecule has 1 atom stereocenters. The number of likely N-dealkylation sites (N-methyl/N-ethyl adjacent to an activating group) is 1. The Hall–Kier alpha value is -3.96. The Morgan fingerprint density at radius 2 is 1.58 bits per heavy atom. The van der Waals surface area contributed by atoms with Gasteiger partial charge in [-0.15, -0.1) is 0 Å². The first-order valence-electron chi connectivity index (χ1n) is 11.1. The zero-order chi connectivity index (χ0) is 25.5. The van der Waals surface area contributed by atoms with E-state index in [9.17, 15) is 4.21 Å². The zero-order valence-electron chi connectivity index (χ0n) is 20.5. The molecule has 0 spiro atoms. The van der Waals surface area contributed by atoms with E-state index >= 15 is 0 Å². The van der Waals surface area contributed by atoms with E-state index in [0.717, 1.165) is 6.54 Å². The molecule has 10 nitrogen and oxygen atoms in total. The number of anilines is 3. The van der Waals surface area contributed by atoms with Crippen molar-refractivity contribution in [3.8, 4) is 17.4 Å². The largest absolute Gasteiger partial charge is 0.497 e. The number of nitrogens with zero attached hydrogens (tertiary/aromatic N) is 4. The molecule has 1 unspecified atom stereocenters. The quantitative estimate of drug-likeness (QED) is 0.312. The third-order valence-electron chi connectivity index (χ3n) is 5.09. The maximum Gasteiger partial charge on any atom is 0.213 e. The summed E-state index contributed by atoms with van der Waals surface area (Å²) in [6, 6.07) is 16.2. The number of methoxy groups -OCH3 is 2. The predicted octanol–water partition coefficient (Wildman–Crippen LogP) is 3.86. The maximum absolute atomic E-state index is 13.1. The third kappa shape index (κ3) is 6.37. The van der Waals surface area contributed by atoms with Gasteiger partial charge in [-0.05, 0) is 32.3 Å². The Labute approximate surface area is 212 Å². The number of aromatic nitrogens is 3. The van der Waals surface area contributed by atoms with Crippen molar-refractivity contribution in [2.24, 2.45) is 0 Å². The van der Waals surface area contributed by atoms with Crippen molar-refractivity contribution in [1.82, 2.24) is 19.9 Å². The van der Waals surface area contributed by atoms with Gasteiger partial charge in [-0.25, -0.2) is 19.2 Å². The van der Waals surface area contributed by atoms with E-state index in [0.29, 0.717) is 57.2 Å². The maximum atomic E-state index is 13.1. The molecule has 2 aromatic carbocycles. The molecule has 2 heterocycles. The number of ether oxygens (including phenoxy) is 3. The number of fused-ring (bicyclic) bond motifs is 1. The van der Waals surface area contributed by atoms with E-state index in [2.05, 4.69) is 20.0 Å². The van der Waals surface area contributed by atoms with Gasteiger partial charge in [-0.3, -0.25) is 4.72 Å². The Balaban J connectivity index is 1.59. The van der Waals surface area contributed by atoms with Gasteiger partial charge in [0.15, 0.2) is 22.6 Å². The minimum absolute atomic E-state index is 0.320. The van der Waals surface area contributed by atoms with Crippen LogP contribution in [0, 0.1) is 0 Å². The highest BCUT2D eigenvalue weighted by Crippen LogP contribution is 2.31. The van der Waals surface area contributed by atoms with Crippen LogP contribution in [0.15, 0.2) is 65.7 Å². The monoisotopic (exact) mass is 508 g/mol. The van der Waals surface area contributed by atoms with Gasteiger partial charge >= 0.3 is 0 Å². The smallest absolute Gasteiger partial charge is 0.213 e. The summed E-state index contributed by atoms with van der Waals surface area (Å²) in [6.07, 6.45) is 1.52. The van der Waals surface area contributed by atoms with Crippen molar-refractivity contribution >= 4 is 39.3 Å². The second kappa shape index (κ2) is 11.6. The van der Waals surface area contributed by atoms with Crippen LogP contribution in [0.1, 0.15) is 0 Å². The first kappa shape index (κ1) is 25.1. The fourth-order valence-corrected chi connectivity index (χ4v) is 3.99. The number of pyridine rings is 1. The average Bonchev–Trinajstić information content (AvgIpc) is 2.88. The molecule has 2 N–H and O–H groups in total. The number of hydrogen-bond acceptors (Lipinski definition) is 9. The Kier molecular flexibility index (Phi) is 8.13. The van der Waals surface area contributed by atoms with Gasteiger partial charge < -0.3 is 24.4 Å². The number of hydrogen-bond donors (Lipinski definition) is 2. The van der Waals surface area contributed by atoms with Gasteiger partial charge in [-0.1, -0.05) is 12.1 Å². The molecule has 0 amide bonds. The molecule has 0 fully saturated rings. The minimum Gasteiger partial charge on any atom is -0.497 e. The molecule has 0 radical (unpaired) electrons. The van der Waals surface area contributed by atoms with E-state index in [4.69, 9.17) is 19.2 Å². The summed E-state index contributed by atoms with van der Waals surface area (Å²) in [5.74, 6) is 2.41. The van der Waals surface area contributed by atoms with E-state index in [1.807, 2.05) is 43.3 Å². The molecule has 0 aliphatic heterocycles. The van der Waals surface area contributed by atoms with Crippen LogP contribution in [-0.4, -0.2) is 65.5 Å². The van der Waals surface area contributed by atoms with Gasteiger partial charge in [0, 0.05) is 42.7 Å². The van der Waals surface area contributed by atoms with Crippen molar-refractivity contribution < 1.29 is 18.4 Å². The SMILES string of the molecule is COc1cc(Nc2nc3ccccc3nc2NS(=O)c2ccc(OCCN(C)C)nc2)cc(OC)c1. The summed E-state index contributed by atoms with van der Waals surface area (Å²) in [4.78, 5) is 16.1. The molecule has 4 aromatic rings. The number of para-hydroxylation sites is 2. The summed E-state index contributed by atoms with van der Waals surface area (Å²) in [5, 5.41) is 3.24. The van der Waals surface area contributed by atoms with Gasteiger partial charge in [0.05, 0.1) is 30.1 Å². The number of benzene rings is 2. The first-order chi connectivity index (χ1) is 17.4. The zero-order valence-corrected chi connectivity index (χ0v) is 21.3. The molecular formula is C25H28N6O4S. The van der Waals surface area contributed by atoms with Gasteiger partial charge in [-0.2, -0.15) is 0 Å². The van der Waals surface area contributed by atoms with Crippen LogP contribution in [0.3, 0.4) is 0 Å². The molecule has 0 bridgehead atoms. The molecule has 36 heavy (non-hydrogen) atoms. The topological polar surface area (TPSA) is 111 Å². The first-order valence-corrected chi connectivity index (χ1v) is 12.3. The van der Waals surface area contributed by atoms with Crippen LogP contribution in [-0.2, 0) is 11.0 Å². The molecule has 2 aromatic heterocycles. The van der Waals surface area contributed by atoms with E-state index in [1.165, 1.54) is 6.20 Å². The summed E-state index contributed by atoms with van der Waals surface area (Å²) in [6.45, 7) is 1.28. The minimum atomic E-state index is -1.65. The number of nitrogens with one attached hydrogen (secondary N) is 2. The fourth-order valence-electron chi connectivity index (χ4n) is 3.22. The highest BCUT2D eigenvalue weighted by Gasteiger charge is 2.15. The lowest BCUT2D eigenvalue weighted by Gasteiger charge is -2.14. The third-order valence-corrected chi connectivity index (χ3v) is 6.13. The second-order valence-corrected chi connectivity index (χ2v) is 9.20. The lowest BCUT2D eigenvalue weighted by Crippen LogP contribution is -2.19. The summed E-state index contributed by atoms with van der Waals surface area (Å²) >= 11 is 0. The molecule has 4 rings (SSSR count). The predicted molar refractivity (Wildman–Crippen MR) is 141 cm³/mol. The molecule has 0 saturated heterocycles. The van der Waals surface area contributed by atoms with Crippen molar-refractivity contribution in [1.29, 1.82) is 0 Å². The lowest BCUT2D eigenvalue weighted by molar-refractivity contribution is 0.253. The lowest BCUT2D eigenvalue weighted by atomic mass is 10.2. The highest BCUT2D eigenvalue weighted by atomic mass is 32.2. The molecule has 0 aliphatic carbocycles. The fraction of sp³-hybridized carbons (Fsp3) is 0.240. The second-order valence-electron chi connectivity index (χ2n) is 7.99. The molecule has 11 heteroatoms. The number of rotatable bonds is 11. The highest BCUT2D eigenvalue weighted by molar-refractivity contribution is 7.86. The van der Waals surface area contributed by atoms with Crippen LogP contribution in [0.5, 0.6) is 17.4 Å². The van der Waals surface area contributed by atoms with Crippen molar-refractivity contribution in [3.05, 3.63) is 60.8 Å². The van der Waals surface area contributed by atoms with Gasteiger partial charge in [0.1, 0.15) is 18.1 Å². The Bertz CT molecular complexity index is 1330. The van der Waals surface area contributed by atoms with Crippen LogP contribution in [0.25, 0.3) is 11.0 Å². The van der Waals surface area contributed by atoms with E-state index in [1.54, 1.807) is 44.6 Å². The van der Waals surface area contributed by atoms with Crippen LogP contribution >= 0.6 is 0 Å². The Morgan fingerprint density at radius 3 is 2.17 bits per heavy atom. The molecule has 0 saturated carbocycles. The average molecular weight is 509 g/mol. The van der Waals surface area contributed by atoms with Crippen molar-refractivity contribution in [2.45, 2.75) is 4.90 Å². The normalized spacial score (nSPS) is 11.8. The van der Waals surface area contributed by atoms with Crippen molar-refractivity contribution in [2.75, 3.05) is 51.5 Å². The molecule has 0 aliphatic rings. The van der Waals surface area contributed by atoms with Crippen LogP contribution < -0.4 is 24.2 Å². The van der Waals surface area contributed by atoms with Gasteiger partial charge in [0.2, 0.25) is 5.88 Å². The van der Waals surface area contributed by atoms with Crippen molar-refractivity contribution in [3.63, 3.8) is 0 Å².